The highest BCUT2D eigenvalue weighted by Gasteiger charge is 2.21. The Morgan fingerprint density at radius 3 is 2.44 bits per heavy atom. The molecule has 0 saturated heterocycles. The van der Waals surface area contributed by atoms with Crippen LogP contribution in [0, 0.1) is 0 Å². The number of rotatable bonds is 8. The van der Waals surface area contributed by atoms with E-state index in [4.69, 9.17) is 9.47 Å². The topological polar surface area (TPSA) is 103 Å². The molecule has 1 unspecified atom stereocenters. The Morgan fingerprint density at radius 1 is 1.16 bits per heavy atom. The third-order valence-corrected chi connectivity index (χ3v) is 3.03. The average molecular weight is 350 g/mol. The number of hydrogen-bond acceptors (Lipinski definition) is 7. The smallest absolute Gasteiger partial charge is 0.408 e. The van der Waals surface area contributed by atoms with Crippen molar-refractivity contribution in [3.63, 3.8) is 0 Å². The number of benzene rings is 1. The van der Waals surface area contributed by atoms with Crippen LogP contribution in [0.5, 0.6) is 0 Å². The van der Waals surface area contributed by atoms with E-state index in [1.807, 2.05) is 18.2 Å². The van der Waals surface area contributed by atoms with Gasteiger partial charge in [-0.2, -0.15) is 0 Å². The summed E-state index contributed by atoms with van der Waals surface area (Å²) in [6, 6.07) is 7.09. The molecule has 1 amide bonds. The fourth-order valence-electron chi connectivity index (χ4n) is 1.71. The number of alkyl carbamates (subject to hydrolysis) is 1. The number of nitrogens with zero attached hydrogens (tertiary/aromatic N) is 1. The van der Waals surface area contributed by atoms with E-state index in [9.17, 15) is 14.4 Å². The molecule has 0 spiro atoms. The third kappa shape index (κ3) is 7.47. The summed E-state index contributed by atoms with van der Waals surface area (Å²) in [4.78, 5) is 39.0. The van der Waals surface area contributed by atoms with Gasteiger partial charge < -0.3 is 19.5 Å². The number of esters is 2. The third-order valence-electron chi connectivity index (χ3n) is 3.03. The van der Waals surface area contributed by atoms with Gasteiger partial charge >= 0.3 is 18.0 Å². The first-order valence-corrected chi connectivity index (χ1v) is 7.72. The predicted octanol–water partition coefficient (Wildman–Crippen LogP) is 1.48. The lowest BCUT2D eigenvalue weighted by Gasteiger charge is -2.13. The second-order valence-electron chi connectivity index (χ2n) is 4.93. The van der Waals surface area contributed by atoms with Crippen LogP contribution in [0.1, 0.15) is 19.4 Å². The van der Waals surface area contributed by atoms with Crippen LogP contribution in [0.15, 0.2) is 35.3 Å². The lowest BCUT2D eigenvalue weighted by atomic mass is 10.2. The Balaban J connectivity index is 2.61. The molecule has 0 radical (unpaired) electrons. The zero-order valence-electron chi connectivity index (χ0n) is 14.4. The maximum absolute atomic E-state index is 11.8. The van der Waals surface area contributed by atoms with Gasteiger partial charge in [0.1, 0.15) is 12.6 Å². The second kappa shape index (κ2) is 10.8. The molecule has 1 N–H and O–H groups in total. The average Bonchev–Trinajstić information content (AvgIpc) is 2.63. The molecule has 8 nitrogen and oxygen atoms in total. The molecule has 0 saturated carbocycles. The van der Waals surface area contributed by atoms with Crippen LogP contribution in [-0.4, -0.2) is 50.0 Å². The molecule has 0 bridgehead atoms. The summed E-state index contributed by atoms with van der Waals surface area (Å²) in [5.41, 5.74) is 0.803. The molecule has 1 rings (SSSR count). The molecule has 2 atom stereocenters. The molecule has 0 heterocycles. The molecule has 1 aromatic rings. The van der Waals surface area contributed by atoms with Crippen LogP contribution in [-0.2, 0) is 30.4 Å². The van der Waals surface area contributed by atoms with Crippen molar-refractivity contribution in [2.45, 2.75) is 32.5 Å². The van der Waals surface area contributed by atoms with Crippen LogP contribution in [0.3, 0.4) is 0 Å². The normalized spacial score (nSPS) is 12.9. The lowest BCUT2D eigenvalue weighted by molar-refractivity contribution is -0.144. The van der Waals surface area contributed by atoms with E-state index in [2.05, 4.69) is 15.0 Å². The Labute approximate surface area is 146 Å². The van der Waals surface area contributed by atoms with E-state index in [0.717, 1.165) is 11.8 Å². The van der Waals surface area contributed by atoms with Gasteiger partial charge in [0.15, 0.2) is 6.04 Å². The molecule has 1 aromatic carbocycles. The molecule has 0 aliphatic rings. The van der Waals surface area contributed by atoms with Gasteiger partial charge in [0, 0.05) is 6.21 Å². The first-order chi connectivity index (χ1) is 12.0. The van der Waals surface area contributed by atoms with E-state index in [1.165, 1.54) is 14.0 Å². The van der Waals surface area contributed by atoms with Crippen molar-refractivity contribution in [1.82, 2.24) is 5.32 Å². The quantitative estimate of drug-likeness (QED) is 0.433. The Bertz CT molecular complexity index is 602. The van der Waals surface area contributed by atoms with Gasteiger partial charge in [-0.1, -0.05) is 30.3 Å². The van der Waals surface area contributed by atoms with E-state index in [1.54, 1.807) is 19.1 Å². The highest BCUT2D eigenvalue weighted by Crippen LogP contribution is 2.01. The van der Waals surface area contributed by atoms with Gasteiger partial charge in [-0.25, -0.2) is 14.4 Å². The van der Waals surface area contributed by atoms with Crippen LogP contribution in [0.2, 0.25) is 0 Å². The van der Waals surface area contributed by atoms with Crippen molar-refractivity contribution < 1.29 is 28.6 Å². The summed E-state index contributed by atoms with van der Waals surface area (Å²) in [5.74, 6) is -1.27. The number of nitrogens with one attached hydrogen (secondary N) is 1. The molecular weight excluding hydrogens is 328 g/mol. The van der Waals surface area contributed by atoms with Gasteiger partial charge in [0.05, 0.1) is 13.7 Å². The first kappa shape index (κ1) is 20.1. The van der Waals surface area contributed by atoms with E-state index in [0.29, 0.717) is 0 Å². The maximum atomic E-state index is 11.8. The summed E-state index contributed by atoms with van der Waals surface area (Å²) in [7, 11) is 1.18. The minimum Gasteiger partial charge on any atom is -0.467 e. The Kier molecular flexibility index (Phi) is 8.70. The molecule has 8 heteroatoms. The first-order valence-electron chi connectivity index (χ1n) is 7.72. The van der Waals surface area contributed by atoms with Crippen molar-refractivity contribution in [2.75, 3.05) is 13.7 Å². The monoisotopic (exact) mass is 350 g/mol. The highest BCUT2D eigenvalue weighted by molar-refractivity contribution is 5.97. The fourth-order valence-corrected chi connectivity index (χ4v) is 1.71. The summed E-state index contributed by atoms with van der Waals surface area (Å²) < 4.78 is 14.4. The summed E-state index contributed by atoms with van der Waals surface area (Å²) in [6.45, 7) is 3.46. The number of methoxy groups -OCH3 is 1. The highest BCUT2D eigenvalue weighted by atomic mass is 16.6. The van der Waals surface area contributed by atoms with Crippen molar-refractivity contribution >= 4 is 24.2 Å². The predicted molar refractivity (Wildman–Crippen MR) is 90.2 cm³/mol. The molecule has 25 heavy (non-hydrogen) atoms. The number of carbonyl (C=O) groups excluding carboxylic acids is 3. The lowest BCUT2D eigenvalue weighted by Crippen LogP contribution is -2.43. The standard InChI is InChI=1S/C17H22N2O6/c1-4-24-15(20)12(2)18-10-14(16(21)23-3)19-17(22)25-11-13-8-6-5-7-9-13/h5-10,12,14H,4,11H2,1-3H3,(H,19,22)/t12-,14?/m0/s1. The number of amides is 1. The molecular formula is C17H22N2O6. The Morgan fingerprint density at radius 2 is 1.84 bits per heavy atom. The van der Waals surface area contributed by atoms with Gasteiger partial charge in [-0.3, -0.25) is 4.99 Å². The van der Waals surface area contributed by atoms with E-state index < -0.39 is 30.1 Å². The summed E-state index contributed by atoms with van der Waals surface area (Å²) >= 11 is 0. The second-order valence-corrected chi connectivity index (χ2v) is 4.93. The minimum atomic E-state index is -1.18. The van der Waals surface area contributed by atoms with Crippen molar-refractivity contribution in [3.05, 3.63) is 35.9 Å². The molecule has 136 valence electrons. The van der Waals surface area contributed by atoms with E-state index in [-0.39, 0.29) is 13.2 Å². The number of hydrogen-bond donors (Lipinski definition) is 1. The van der Waals surface area contributed by atoms with Crippen LogP contribution < -0.4 is 5.32 Å². The van der Waals surface area contributed by atoms with Gasteiger partial charge in [0.2, 0.25) is 0 Å². The Hall–Kier alpha value is -2.90. The number of ether oxygens (including phenoxy) is 3. The SMILES string of the molecule is CCOC(=O)[C@H](C)N=CC(NC(=O)OCc1ccccc1)C(=O)OC. The maximum Gasteiger partial charge on any atom is 0.408 e. The number of aliphatic imine (C=N–C) groups is 1. The minimum absolute atomic E-state index is 0.0525. The van der Waals surface area contributed by atoms with Gasteiger partial charge in [-0.05, 0) is 19.4 Å². The molecule has 0 aliphatic heterocycles. The zero-order valence-corrected chi connectivity index (χ0v) is 14.4. The molecule has 0 aromatic heterocycles. The van der Waals surface area contributed by atoms with Crippen LogP contribution >= 0.6 is 0 Å². The fraction of sp³-hybridized carbons (Fsp3) is 0.412. The van der Waals surface area contributed by atoms with Gasteiger partial charge in [0.25, 0.3) is 0 Å². The van der Waals surface area contributed by atoms with Crippen molar-refractivity contribution in [3.8, 4) is 0 Å². The van der Waals surface area contributed by atoms with E-state index >= 15 is 0 Å². The molecule has 0 aliphatic carbocycles. The summed E-state index contributed by atoms with van der Waals surface area (Å²) in [5, 5.41) is 2.33. The van der Waals surface area contributed by atoms with Crippen LogP contribution in [0.4, 0.5) is 4.79 Å². The molecule has 0 fully saturated rings. The summed E-state index contributed by atoms with van der Waals surface area (Å²) in [6.07, 6.45) is 0.312. The number of carbonyl (C=O) groups is 3. The van der Waals surface area contributed by atoms with Crippen molar-refractivity contribution in [2.24, 2.45) is 4.99 Å². The van der Waals surface area contributed by atoms with Crippen LogP contribution in [0.25, 0.3) is 0 Å². The van der Waals surface area contributed by atoms with Gasteiger partial charge in [-0.15, -0.1) is 0 Å². The largest absolute Gasteiger partial charge is 0.467 e. The van der Waals surface area contributed by atoms with Crippen molar-refractivity contribution in [1.29, 1.82) is 0 Å². The zero-order chi connectivity index (χ0) is 18.7.